The van der Waals surface area contributed by atoms with E-state index >= 15 is 0 Å². The molecule has 3 heteroatoms. The molecule has 88 valence electrons. The summed E-state index contributed by atoms with van der Waals surface area (Å²) < 4.78 is 0. The monoisotopic (exact) mass is 252 g/mol. The number of rotatable bonds is 2. The van der Waals surface area contributed by atoms with Crippen molar-refractivity contribution in [2.75, 3.05) is 5.73 Å². The second-order valence-corrected chi connectivity index (χ2v) is 4.87. The van der Waals surface area contributed by atoms with Crippen LogP contribution >= 0.6 is 11.3 Å². The second-order valence-electron chi connectivity index (χ2n) is 3.97. The Balaban J connectivity index is 2.25. The molecule has 1 aromatic heterocycles. The van der Waals surface area contributed by atoms with Gasteiger partial charge < -0.3 is 5.73 Å². The lowest BCUT2D eigenvalue weighted by atomic mass is 9.98. The standard InChI is InChI=1S/C15H12N2S/c16-13-8-4-7-12(15-17-9-10-18-15)14(13)11-5-2-1-3-6-11/h1-10H,16H2. The smallest absolute Gasteiger partial charge is 0.123 e. The number of nitrogen functional groups attached to an aromatic ring is 1. The fourth-order valence-electron chi connectivity index (χ4n) is 2.03. The third-order valence-electron chi connectivity index (χ3n) is 2.82. The van der Waals surface area contributed by atoms with E-state index in [-0.39, 0.29) is 0 Å². The van der Waals surface area contributed by atoms with E-state index < -0.39 is 0 Å². The number of benzene rings is 2. The van der Waals surface area contributed by atoms with Crippen LogP contribution in [0.1, 0.15) is 0 Å². The van der Waals surface area contributed by atoms with Crippen molar-refractivity contribution in [3.8, 4) is 21.7 Å². The SMILES string of the molecule is Nc1cccc(-c2nccs2)c1-c1ccccc1. The first-order valence-corrected chi connectivity index (χ1v) is 6.58. The van der Waals surface area contributed by atoms with Gasteiger partial charge in [-0.3, -0.25) is 0 Å². The van der Waals surface area contributed by atoms with Crippen molar-refractivity contribution in [3.63, 3.8) is 0 Å². The Labute approximate surface area is 110 Å². The van der Waals surface area contributed by atoms with Gasteiger partial charge in [0, 0.05) is 28.4 Å². The van der Waals surface area contributed by atoms with E-state index in [0.717, 1.165) is 27.4 Å². The third kappa shape index (κ3) is 1.89. The molecule has 1 heterocycles. The minimum Gasteiger partial charge on any atom is -0.398 e. The molecule has 0 spiro atoms. The van der Waals surface area contributed by atoms with E-state index in [1.807, 2.05) is 41.9 Å². The minimum absolute atomic E-state index is 0.786. The van der Waals surface area contributed by atoms with Gasteiger partial charge in [-0.25, -0.2) is 4.98 Å². The number of nitrogens with two attached hydrogens (primary N) is 1. The predicted molar refractivity (Wildman–Crippen MR) is 77.4 cm³/mol. The summed E-state index contributed by atoms with van der Waals surface area (Å²) in [6, 6.07) is 16.2. The summed E-state index contributed by atoms with van der Waals surface area (Å²) in [5, 5.41) is 2.98. The average Bonchev–Trinajstić information content (AvgIpc) is 2.93. The Bertz CT molecular complexity index is 646. The summed E-state index contributed by atoms with van der Waals surface area (Å²) >= 11 is 1.63. The fourth-order valence-corrected chi connectivity index (χ4v) is 2.70. The largest absolute Gasteiger partial charge is 0.398 e. The van der Waals surface area contributed by atoms with Crippen LogP contribution in [0.25, 0.3) is 21.7 Å². The van der Waals surface area contributed by atoms with Crippen molar-refractivity contribution in [3.05, 3.63) is 60.1 Å². The molecule has 0 atom stereocenters. The highest BCUT2D eigenvalue weighted by atomic mass is 32.1. The van der Waals surface area contributed by atoms with Gasteiger partial charge in [-0.2, -0.15) is 0 Å². The summed E-state index contributed by atoms with van der Waals surface area (Å²) in [5.41, 5.74) is 10.2. The molecule has 0 saturated heterocycles. The molecular weight excluding hydrogens is 240 g/mol. The van der Waals surface area contributed by atoms with Gasteiger partial charge in [-0.1, -0.05) is 42.5 Å². The summed E-state index contributed by atoms with van der Waals surface area (Å²) in [7, 11) is 0. The van der Waals surface area contributed by atoms with Crippen molar-refractivity contribution in [2.24, 2.45) is 0 Å². The molecule has 2 nitrogen and oxygen atoms in total. The molecule has 0 aliphatic heterocycles. The van der Waals surface area contributed by atoms with E-state index in [4.69, 9.17) is 5.73 Å². The summed E-state index contributed by atoms with van der Waals surface area (Å²) in [6.45, 7) is 0. The van der Waals surface area contributed by atoms with Crippen LogP contribution < -0.4 is 5.73 Å². The third-order valence-corrected chi connectivity index (χ3v) is 3.63. The quantitative estimate of drug-likeness (QED) is 0.698. The molecule has 0 radical (unpaired) electrons. The zero-order valence-corrected chi connectivity index (χ0v) is 10.5. The molecule has 0 unspecified atom stereocenters. The molecule has 0 fully saturated rings. The van der Waals surface area contributed by atoms with Gasteiger partial charge in [0.2, 0.25) is 0 Å². The Kier molecular flexibility index (Phi) is 2.82. The zero-order chi connectivity index (χ0) is 12.4. The number of aromatic nitrogens is 1. The first kappa shape index (κ1) is 11.0. The van der Waals surface area contributed by atoms with Gasteiger partial charge in [-0.15, -0.1) is 11.3 Å². The Morgan fingerprint density at radius 2 is 1.78 bits per heavy atom. The van der Waals surface area contributed by atoms with Gasteiger partial charge >= 0.3 is 0 Å². The van der Waals surface area contributed by atoms with Crippen molar-refractivity contribution < 1.29 is 0 Å². The van der Waals surface area contributed by atoms with Crippen LogP contribution in [0.3, 0.4) is 0 Å². The number of nitrogens with zero attached hydrogens (tertiary/aromatic N) is 1. The van der Waals surface area contributed by atoms with Crippen LogP contribution in [0.2, 0.25) is 0 Å². The minimum atomic E-state index is 0.786. The highest BCUT2D eigenvalue weighted by molar-refractivity contribution is 7.13. The lowest BCUT2D eigenvalue weighted by Gasteiger charge is -2.10. The maximum absolute atomic E-state index is 6.14. The first-order valence-electron chi connectivity index (χ1n) is 5.70. The summed E-state index contributed by atoms with van der Waals surface area (Å²) in [4.78, 5) is 4.38. The van der Waals surface area contributed by atoms with E-state index in [1.54, 1.807) is 11.3 Å². The van der Waals surface area contributed by atoms with E-state index in [9.17, 15) is 0 Å². The van der Waals surface area contributed by atoms with Gasteiger partial charge in [-0.05, 0) is 11.6 Å². The van der Waals surface area contributed by atoms with Crippen molar-refractivity contribution >= 4 is 17.0 Å². The molecule has 0 aliphatic carbocycles. The predicted octanol–water partition coefficient (Wildman–Crippen LogP) is 4.06. The van der Waals surface area contributed by atoms with Gasteiger partial charge in [0.25, 0.3) is 0 Å². The van der Waals surface area contributed by atoms with Crippen LogP contribution in [-0.4, -0.2) is 4.98 Å². The fraction of sp³-hybridized carbons (Fsp3) is 0. The molecule has 3 aromatic rings. The zero-order valence-electron chi connectivity index (χ0n) is 9.71. The Morgan fingerprint density at radius 1 is 0.944 bits per heavy atom. The van der Waals surface area contributed by atoms with Gasteiger partial charge in [0.15, 0.2) is 0 Å². The van der Waals surface area contributed by atoms with Crippen molar-refractivity contribution in [1.29, 1.82) is 0 Å². The maximum Gasteiger partial charge on any atom is 0.123 e. The lowest BCUT2D eigenvalue weighted by Crippen LogP contribution is -1.92. The van der Waals surface area contributed by atoms with E-state index in [1.165, 1.54) is 0 Å². The lowest BCUT2D eigenvalue weighted by molar-refractivity contribution is 1.41. The Morgan fingerprint density at radius 3 is 2.50 bits per heavy atom. The Hall–Kier alpha value is -2.13. The molecule has 18 heavy (non-hydrogen) atoms. The van der Waals surface area contributed by atoms with Gasteiger partial charge in [0.05, 0.1) is 0 Å². The number of anilines is 1. The molecular formula is C15H12N2S. The van der Waals surface area contributed by atoms with E-state index in [0.29, 0.717) is 0 Å². The van der Waals surface area contributed by atoms with Crippen LogP contribution in [0, 0.1) is 0 Å². The summed E-state index contributed by atoms with van der Waals surface area (Å²) in [5.74, 6) is 0. The van der Waals surface area contributed by atoms with E-state index in [2.05, 4.69) is 23.2 Å². The van der Waals surface area contributed by atoms with Crippen LogP contribution in [0.5, 0.6) is 0 Å². The molecule has 0 aliphatic rings. The molecule has 0 amide bonds. The van der Waals surface area contributed by atoms with Crippen LogP contribution in [0.15, 0.2) is 60.1 Å². The molecule has 2 N–H and O–H groups in total. The molecule has 3 rings (SSSR count). The topological polar surface area (TPSA) is 38.9 Å². The first-order chi connectivity index (χ1) is 8.86. The normalized spacial score (nSPS) is 10.4. The van der Waals surface area contributed by atoms with Gasteiger partial charge in [0.1, 0.15) is 5.01 Å². The number of thiazole rings is 1. The average molecular weight is 252 g/mol. The highest BCUT2D eigenvalue weighted by Gasteiger charge is 2.11. The van der Waals surface area contributed by atoms with Crippen molar-refractivity contribution in [1.82, 2.24) is 4.98 Å². The number of hydrogen-bond acceptors (Lipinski definition) is 3. The van der Waals surface area contributed by atoms with Crippen LogP contribution in [0.4, 0.5) is 5.69 Å². The van der Waals surface area contributed by atoms with Crippen molar-refractivity contribution in [2.45, 2.75) is 0 Å². The highest BCUT2D eigenvalue weighted by Crippen LogP contribution is 2.36. The second kappa shape index (κ2) is 4.63. The van der Waals surface area contributed by atoms with Crippen LogP contribution in [-0.2, 0) is 0 Å². The summed E-state index contributed by atoms with van der Waals surface area (Å²) in [6.07, 6.45) is 1.82. The molecule has 2 aromatic carbocycles. The number of hydrogen-bond donors (Lipinski definition) is 1. The maximum atomic E-state index is 6.14. The molecule has 0 saturated carbocycles. The molecule has 0 bridgehead atoms.